The summed E-state index contributed by atoms with van der Waals surface area (Å²) in [6.45, 7) is 6.64. The Bertz CT molecular complexity index is 943. The summed E-state index contributed by atoms with van der Waals surface area (Å²) in [6, 6.07) is 1.91. The van der Waals surface area contributed by atoms with Crippen LogP contribution < -0.4 is 15.8 Å². The van der Waals surface area contributed by atoms with E-state index in [0.29, 0.717) is 13.2 Å². The Kier molecular flexibility index (Phi) is 5.24. The number of benzene rings is 1. The zero-order valence-corrected chi connectivity index (χ0v) is 16.0. The quantitative estimate of drug-likeness (QED) is 0.617. The van der Waals surface area contributed by atoms with Crippen molar-refractivity contribution in [3.8, 4) is 5.75 Å². The summed E-state index contributed by atoms with van der Waals surface area (Å²) in [4.78, 5) is 30.7. The van der Waals surface area contributed by atoms with Crippen LogP contribution in [0.25, 0.3) is 5.70 Å². The smallest absolute Gasteiger partial charge is 0.278 e. The highest BCUT2D eigenvalue weighted by atomic mass is 32.2. The molecule has 3 rings (SSSR count). The van der Waals surface area contributed by atoms with Crippen molar-refractivity contribution >= 4 is 22.6 Å². The number of hydrogen-bond donors (Lipinski definition) is 2. The van der Waals surface area contributed by atoms with E-state index in [1.165, 1.54) is 10.9 Å². The molecule has 0 fully saturated rings. The normalized spacial score (nSPS) is 13.0. The van der Waals surface area contributed by atoms with E-state index < -0.39 is 0 Å². The minimum Gasteiger partial charge on any atom is -0.488 e. The van der Waals surface area contributed by atoms with Crippen LogP contribution in [0.4, 0.5) is 0 Å². The van der Waals surface area contributed by atoms with E-state index in [-0.39, 0.29) is 16.2 Å². The molecule has 0 bridgehead atoms. The number of aryl methyl sites for hydroxylation is 2. The van der Waals surface area contributed by atoms with Crippen LogP contribution in [-0.2, 0) is 11.4 Å². The lowest BCUT2D eigenvalue weighted by Gasteiger charge is -2.24. The van der Waals surface area contributed by atoms with Gasteiger partial charge in [-0.05, 0) is 55.8 Å². The second-order valence-corrected chi connectivity index (χ2v) is 6.90. The number of aromatic nitrogens is 2. The summed E-state index contributed by atoms with van der Waals surface area (Å²) < 4.78 is 7.17. The minimum atomic E-state index is -0.303. The van der Waals surface area contributed by atoms with Crippen LogP contribution in [0.1, 0.15) is 34.0 Å². The number of thioether (sulfide) groups is 1. The molecule has 2 heterocycles. The van der Waals surface area contributed by atoms with Gasteiger partial charge in [0.2, 0.25) is 5.12 Å². The number of fused-ring (bicyclic) bond motifs is 1. The number of carbonyl (C=O) groups is 1. The Hall–Kier alpha value is -2.45. The minimum absolute atomic E-state index is 0.147. The van der Waals surface area contributed by atoms with Crippen molar-refractivity contribution in [2.75, 3.05) is 13.7 Å². The van der Waals surface area contributed by atoms with Crippen LogP contribution in [0, 0.1) is 13.8 Å². The Morgan fingerprint density at radius 2 is 2.23 bits per heavy atom. The van der Waals surface area contributed by atoms with Gasteiger partial charge in [0.25, 0.3) is 5.56 Å². The van der Waals surface area contributed by atoms with Crippen molar-refractivity contribution in [1.29, 1.82) is 0 Å². The number of H-pyrrole nitrogens is 1. The highest BCUT2D eigenvalue weighted by Crippen LogP contribution is 2.40. The number of rotatable bonds is 5. The summed E-state index contributed by atoms with van der Waals surface area (Å²) in [7, 11) is 1.55. The SMILES string of the molecule is CCn1[nH]cc(C(=O)Sc2cc(C)c3c(c2C)C(NOC)=CCO3)c1=O. The van der Waals surface area contributed by atoms with Crippen molar-refractivity contribution in [3.63, 3.8) is 0 Å². The molecule has 0 saturated carbocycles. The van der Waals surface area contributed by atoms with Gasteiger partial charge in [-0.3, -0.25) is 24.6 Å². The molecule has 8 heteroatoms. The third-order valence-corrected chi connectivity index (χ3v) is 5.30. The average molecular weight is 375 g/mol. The van der Waals surface area contributed by atoms with Gasteiger partial charge in [0.15, 0.2) is 0 Å². The first-order valence-corrected chi connectivity index (χ1v) is 9.06. The maximum absolute atomic E-state index is 12.6. The van der Waals surface area contributed by atoms with Gasteiger partial charge in [-0.2, -0.15) is 0 Å². The Morgan fingerprint density at radius 1 is 1.46 bits per heavy atom. The van der Waals surface area contributed by atoms with E-state index in [4.69, 9.17) is 9.57 Å². The number of nitrogens with zero attached hydrogens (tertiary/aromatic N) is 1. The van der Waals surface area contributed by atoms with Gasteiger partial charge in [-0.1, -0.05) is 0 Å². The molecule has 1 aromatic carbocycles. The number of aromatic amines is 1. The summed E-state index contributed by atoms with van der Waals surface area (Å²) in [5.74, 6) is 0.774. The third kappa shape index (κ3) is 3.17. The topological polar surface area (TPSA) is 85.3 Å². The molecule has 0 atom stereocenters. The van der Waals surface area contributed by atoms with Crippen LogP contribution >= 0.6 is 11.8 Å². The van der Waals surface area contributed by atoms with Crippen molar-refractivity contribution in [2.24, 2.45) is 0 Å². The fraction of sp³-hybridized carbons (Fsp3) is 0.333. The van der Waals surface area contributed by atoms with Gasteiger partial charge >= 0.3 is 0 Å². The molecule has 0 unspecified atom stereocenters. The number of carbonyl (C=O) groups excluding carboxylic acids is 1. The van der Waals surface area contributed by atoms with Gasteiger partial charge in [0, 0.05) is 23.2 Å². The van der Waals surface area contributed by atoms with E-state index in [1.54, 1.807) is 7.11 Å². The summed E-state index contributed by atoms with van der Waals surface area (Å²) in [5, 5.41) is 2.52. The van der Waals surface area contributed by atoms with Crippen LogP contribution in [0.3, 0.4) is 0 Å². The average Bonchev–Trinajstić information content (AvgIpc) is 3.00. The lowest BCUT2D eigenvalue weighted by atomic mass is 9.99. The lowest BCUT2D eigenvalue weighted by molar-refractivity contribution is 0.108. The molecule has 1 aliphatic heterocycles. The number of ether oxygens (including phenoxy) is 1. The molecular formula is C18H21N3O4S. The second kappa shape index (κ2) is 7.43. The first-order valence-electron chi connectivity index (χ1n) is 8.24. The Morgan fingerprint density at radius 3 is 2.88 bits per heavy atom. The molecule has 0 saturated heterocycles. The van der Waals surface area contributed by atoms with Crippen molar-refractivity contribution in [1.82, 2.24) is 15.3 Å². The van der Waals surface area contributed by atoms with Gasteiger partial charge in [0.1, 0.15) is 17.9 Å². The van der Waals surface area contributed by atoms with E-state index in [9.17, 15) is 9.59 Å². The molecule has 0 radical (unpaired) electrons. The number of hydroxylamine groups is 1. The molecule has 7 nitrogen and oxygen atoms in total. The van der Waals surface area contributed by atoms with Crippen LogP contribution in [0.15, 0.2) is 28.0 Å². The molecule has 0 aliphatic carbocycles. The Labute approximate surface area is 155 Å². The largest absolute Gasteiger partial charge is 0.488 e. The van der Waals surface area contributed by atoms with Crippen LogP contribution in [0.2, 0.25) is 0 Å². The van der Waals surface area contributed by atoms with Gasteiger partial charge in [-0.25, -0.2) is 0 Å². The molecule has 138 valence electrons. The molecule has 2 aromatic rings. The molecule has 0 amide bonds. The maximum atomic E-state index is 12.6. The lowest BCUT2D eigenvalue weighted by Crippen LogP contribution is -2.20. The number of nitrogens with one attached hydrogen (secondary N) is 2. The van der Waals surface area contributed by atoms with Gasteiger partial charge in [-0.15, -0.1) is 0 Å². The predicted molar refractivity (Wildman–Crippen MR) is 100 cm³/mol. The molecule has 0 spiro atoms. The standard InChI is InChI=1S/C18H21N3O4S/c1-5-21-17(22)12(9-19-21)18(23)26-14-8-10(2)16-15(11(14)3)13(20-24-4)6-7-25-16/h6,8-9,19-20H,5,7H2,1-4H3. The molecular weight excluding hydrogens is 354 g/mol. The maximum Gasteiger partial charge on any atom is 0.278 e. The first-order chi connectivity index (χ1) is 12.5. The third-order valence-electron chi connectivity index (χ3n) is 4.25. The first kappa shape index (κ1) is 18.3. The van der Waals surface area contributed by atoms with E-state index >= 15 is 0 Å². The van der Waals surface area contributed by atoms with Gasteiger partial charge < -0.3 is 9.84 Å². The van der Waals surface area contributed by atoms with Crippen LogP contribution in [-0.4, -0.2) is 28.6 Å². The van der Waals surface area contributed by atoms with Gasteiger partial charge in [0.05, 0.1) is 12.8 Å². The summed E-state index contributed by atoms with van der Waals surface area (Å²) in [6.07, 6.45) is 3.35. The molecule has 2 N–H and O–H groups in total. The second-order valence-electron chi connectivity index (χ2n) is 5.88. The zero-order chi connectivity index (χ0) is 18.8. The fourth-order valence-electron chi connectivity index (χ4n) is 2.93. The highest BCUT2D eigenvalue weighted by molar-refractivity contribution is 8.14. The number of hydrogen-bond acceptors (Lipinski definition) is 6. The fourth-order valence-corrected chi connectivity index (χ4v) is 3.88. The Balaban J connectivity index is 1.99. The van der Waals surface area contributed by atoms with Crippen molar-refractivity contribution in [3.05, 3.63) is 50.9 Å². The van der Waals surface area contributed by atoms with E-state index in [2.05, 4.69) is 10.6 Å². The monoisotopic (exact) mass is 375 g/mol. The molecule has 26 heavy (non-hydrogen) atoms. The zero-order valence-electron chi connectivity index (χ0n) is 15.1. The summed E-state index contributed by atoms with van der Waals surface area (Å²) >= 11 is 1.04. The van der Waals surface area contributed by atoms with Crippen LogP contribution in [0.5, 0.6) is 5.75 Å². The van der Waals surface area contributed by atoms with Crippen molar-refractivity contribution in [2.45, 2.75) is 32.2 Å². The molecule has 1 aliphatic rings. The van der Waals surface area contributed by atoms with Crippen molar-refractivity contribution < 1.29 is 14.4 Å². The van der Waals surface area contributed by atoms with E-state index in [0.717, 1.165) is 44.8 Å². The predicted octanol–water partition coefficient (Wildman–Crippen LogP) is 2.63. The van der Waals surface area contributed by atoms with E-state index in [1.807, 2.05) is 32.9 Å². The molecule has 1 aromatic heterocycles. The highest BCUT2D eigenvalue weighted by Gasteiger charge is 2.24. The summed E-state index contributed by atoms with van der Waals surface area (Å²) in [5.41, 5.74) is 6.20.